The first kappa shape index (κ1) is 25.9. The number of nitrogens with one attached hydrogen (secondary N) is 2. The third kappa shape index (κ3) is 4.79. The Kier molecular flexibility index (Phi) is 6.82. The monoisotopic (exact) mass is 534 g/mol. The maximum Gasteiger partial charge on any atom is 0.251 e. The van der Waals surface area contributed by atoms with Crippen molar-refractivity contribution < 1.29 is 19.1 Å². The highest BCUT2D eigenvalue weighted by Gasteiger charge is 2.55. The number of nitrogens with zero attached hydrogens (tertiary/aromatic N) is 4. The third-order valence-corrected chi connectivity index (χ3v) is 9.02. The first-order valence-electron chi connectivity index (χ1n) is 14.1. The molecule has 0 radical (unpaired) electrons. The molecular weight excluding hydrogens is 496 g/mol. The van der Waals surface area contributed by atoms with Gasteiger partial charge < -0.3 is 29.9 Å². The number of rotatable bonds is 7. The summed E-state index contributed by atoms with van der Waals surface area (Å²) >= 11 is 0. The Morgan fingerprint density at radius 1 is 1.10 bits per heavy atom. The summed E-state index contributed by atoms with van der Waals surface area (Å²) in [6, 6.07) is 5.71. The molecule has 3 fully saturated rings. The van der Waals surface area contributed by atoms with Gasteiger partial charge in [-0.15, -0.1) is 0 Å². The van der Waals surface area contributed by atoms with Crippen LogP contribution in [0.25, 0.3) is 0 Å². The van der Waals surface area contributed by atoms with Crippen LogP contribution in [-0.4, -0.2) is 67.8 Å². The average Bonchev–Trinajstić information content (AvgIpc) is 3.33. The van der Waals surface area contributed by atoms with E-state index in [2.05, 4.69) is 20.5 Å². The molecule has 208 valence electrons. The highest BCUT2D eigenvalue weighted by atomic mass is 16.5. The van der Waals surface area contributed by atoms with Gasteiger partial charge >= 0.3 is 0 Å². The van der Waals surface area contributed by atoms with Crippen LogP contribution in [0.5, 0.6) is 5.75 Å². The standard InChI is InChI=1S/C29H38N6O4/c1-34-22-16-30-28(33-25(22)35(19-7-4-5-8-19)17-29(13-14-29)27(34)37)32-21-12-11-18(15-24(21)39-3)26(36)31-20-9-6-10-23(20)38-2/h11-12,15-16,19-20,23H,4-10,13-14,17H2,1-3H3,(H,31,36)(H,30,32,33). The lowest BCUT2D eigenvalue weighted by Crippen LogP contribution is -2.41. The summed E-state index contributed by atoms with van der Waals surface area (Å²) in [7, 11) is 5.11. The van der Waals surface area contributed by atoms with Gasteiger partial charge in [-0.2, -0.15) is 4.98 Å². The normalized spacial score (nSPS) is 24.0. The molecule has 6 rings (SSSR count). The van der Waals surface area contributed by atoms with Gasteiger partial charge in [-0.25, -0.2) is 4.98 Å². The SMILES string of the molecule is COc1cc(C(=O)NC2CCCC2OC)ccc1Nc1ncc2c(n1)N(C1CCCC1)CC1(CC1)C(=O)N2C. The van der Waals surface area contributed by atoms with E-state index in [0.29, 0.717) is 35.5 Å². The van der Waals surface area contributed by atoms with Crippen LogP contribution in [0, 0.1) is 5.41 Å². The van der Waals surface area contributed by atoms with E-state index in [1.165, 1.54) is 12.8 Å². The van der Waals surface area contributed by atoms with Gasteiger partial charge in [-0.1, -0.05) is 12.8 Å². The van der Waals surface area contributed by atoms with Gasteiger partial charge in [0.2, 0.25) is 11.9 Å². The summed E-state index contributed by atoms with van der Waals surface area (Å²) in [4.78, 5) is 39.9. The Morgan fingerprint density at radius 3 is 2.62 bits per heavy atom. The molecule has 1 spiro atoms. The van der Waals surface area contributed by atoms with Gasteiger partial charge in [-0.3, -0.25) is 9.59 Å². The molecule has 1 aromatic heterocycles. The molecule has 2 N–H and O–H groups in total. The van der Waals surface area contributed by atoms with E-state index >= 15 is 0 Å². The zero-order chi connectivity index (χ0) is 27.1. The molecule has 2 aromatic rings. The first-order chi connectivity index (χ1) is 18.9. The topological polar surface area (TPSA) is 109 Å². The number of amides is 2. The summed E-state index contributed by atoms with van der Waals surface area (Å²) in [5, 5.41) is 6.40. The van der Waals surface area contributed by atoms with E-state index < -0.39 is 0 Å². The van der Waals surface area contributed by atoms with E-state index in [-0.39, 0.29) is 29.4 Å². The number of fused-ring (bicyclic) bond motifs is 1. The molecule has 1 aromatic carbocycles. The molecular formula is C29H38N6O4. The van der Waals surface area contributed by atoms with E-state index in [9.17, 15) is 9.59 Å². The number of ether oxygens (including phenoxy) is 2. The van der Waals surface area contributed by atoms with Gasteiger partial charge in [0, 0.05) is 32.3 Å². The Labute approximate surface area is 229 Å². The van der Waals surface area contributed by atoms with Crippen LogP contribution in [0.1, 0.15) is 68.1 Å². The van der Waals surface area contributed by atoms with Crippen molar-refractivity contribution in [2.45, 2.75) is 76.0 Å². The van der Waals surface area contributed by atoms with Crippen LogP contribution < -0.4 is 25.2 Å². The smallest absolute Gasteiger partial charge is 0.251 e. The van der Waals surface area contributed by atoms with Crippen LogP contribution in [-0.2, 0) is 9.53 Å². The zero-order valence-corrected chi connectivity index (χ0v) is 23.0. The van der Waals surface area contributed by atoms with Crippen LogP contribution in [0.2, 0.25) is 0 Å². The predicted molar refractivity (Wildman–Crippen MR) is 149 cm³/mol. The average molecular weight is 535 g/mol. The van der Waals surface area contributed by atoms with Gasteiger partial charge in [0.1, 0.15) is 11.4 Å². The van der Waals surface area contributed by atoms with Crippen molar-refractivity contribution in [1.82, 2.24) is 15.3 Å². The highest BCUT2D eigenvalue weighted by Crippen LogP contribution is 2.52. The van der Waals surface area contributed by atoms with Gasteiger partial charge in [-0.05, 0) is 63.1 Å². The summed E-state index contributed by atoms with van der Waals surface area (Å²) in [6.07, 6.45) is 11.2. The molecule has 3 saturated carbocycles. The minimum atomic E-state index is -0.299. The lowest BCUT2D eigenvalue weighted by Gasteiger charge is -2.31. The van der Waals surface area contributed by atoms with Crippen LogP contribution in [0.3, 0.4) is 0 Å². The van der Waals surface area contributed by atoms with Crippen LogP contribution in [0.4, 0.5) is 23.1 Å². The number of carbonyl (C=O) groups excluding carboxylic acids is 2. The van der Waals surface area contributed by atoms with E-state index in [4.69, 9.17) is 14.5 Å². The maximum atomic E-state index is 13.3. The van der Waals surface area contributed by atoms with Crippen molar-refractivity contribution in [2.75, 3.05) is 42.9 Å². The minimum Gasteiger partial charge on any atom is -0.495 e. The Hall–Kier alpha value is -3.40. The van der Waals surface area contributed by atoms with E-state index in [1.807, 2.05) is 13.1 Å². The second-order valence-electron chi connectivity index (χ2n) is 11.4. The number of methoxy groups -OCH3 is 2. The summed E-state index contributed by atoms with van der Waals surface area (Å²) in [5.41, 5.74) is 1.63. The van der Waals surface area contributed by atoms with Crippen LogP contribution >= 0.6 is 0 Å². The largest absolute Gasteiger partial charge is 0.495 e. The lowest BCUT2D eigenvalue weighted by atomic mass is 10.0. The first-order valence-corrected chi connectivity index (χ1v) is 14.1. The van der Waals surface area contributed by atoms with E-state index in [0.717, 1.165) is 56.5 Å². The van der Waals surface area contributed by atoms with Crippen LogP contribution in [0.15, 0.2) is 24.4 Å². The lowest BCUT2D eigenvalue weighted by molar-refractivity contribution is -0.122. The van der Waals surface area contributed by atoms with Crippen molar-refractivity contribution in [1.29, 1.82) is 0 Å². The van der Waals surface area contributed by atoms with Crippen molar-refractivity contribution in [3.63, 3.8) is 0 Å². The third-order valence-electron chi connectivity index (χ3n) is 9.02. The number of carbonyl (C=O) groups is 2. The molecule has 39 heavy (non-hydrogen) atoms. The minimum absolute atomic E-state index is 0.0156. The fourth-order valence-electron chi connectivity index (χ4n) is 6.53. The maximum absolute atomic E-state index is 13.3. The van der Waals surface area contributed by atoms with E-state index in [1.54, 1.807) is 37.4 Å². The molecule has 10 nitrogen and oxygen atoms in total. The Morgan fingerprint density at radius 2 is 1.90 bits per heavy atom. The molecule has 10 heteroatoms. The molecule has 2 heterocycles. The number of benzene rings is 1. The van der Waals surface area contributed by atoms with Crippen molar-refractivity contribution in [2.24, 2.45) is 5.41 Å². The van der Waals surface area contributed by atoms with Gasteiger partial charge in [0.05, 0.1) is 36.6 Å². The molecule has 3 aliphatic carbocycles. The Bertz CT molecular complexity index is 1260. The molecule has 2 atom stereocenters. The number of hydrogen-bond acceptors (Lipinski definition) is 8. The number of anilines is 4. The second kappa shape index (κ2) is 10.3. The quantitative estimate of drug-likeness (QED) is 0.548. The molecule has 0 bridgehead atoms. The number of aromatic nitrogens is 2. The molecule has 4 aliphatic rings. The van der Waals surface area contributed by atoms with Crippen molar-refractivity contribution in [3.05, 3.63) is 30.0 Å². The molecule has 0 saturated heterocycles. The van der Waals surface area contributed by atoms with Gasteiger partial charge in [0.15, 0.2) is 5.82 Å². The number of hydrogen-bond donors (Lipinski definition) is 2. The van der Waals surface area contributed by atoms with Crippen molar-refractivity contribution >= 4 is 35.0 Å². The summed E-state index contributed by atoms with van der Waals surface area (Å²) in [6.45, 7) is 0.711. The second-order valence-corrected chi connectivity index (χ2v) is 11.4. The fourth-order valence-corrected chi connectivity index (χ4v) is 6.53. The highest BCUT2D eigenvalue weighted by molar-refractivity contribution is 6.03. The summed E-state index contributed by atoms with van der Waals surface area (Å²) in [5.74, 6) is 1.77. The Balaban J connectivity index is 1.26. The fraction of sp³-hybridized carbons (Fsp3) is 0.586. The predicted octanol–water partition coefficient (Wildman–Crippen LogP) is 4.03. The molecule has 2 amide bonds. The zero-order valence-electron chi connectivity index (χ0n) is 23.0. The summed E-state index contributed by atoms with van der Waals surface area (Å²) < 4.78 is 11.2. The molecule has 1 aliphatic heterocycles. The molecule has 2 unspecified atom stereocenters. The van der Waals surface area contributed by atoms with Crippen molar-refractivity contribution in [3.8, 4) is 5.75 Å². The van der Waals surface area contributed by atoms with Gasteiger partial charge in [0.25, 0.3) is 5.91 Å².